The maximum atomic E-state index is 13.4. The van der Waals surface area contributed by atoms with Gasteiger partial charge < -0.3 is 0 Å². The predicted molar refractivity (Wildman–Crippen MR) is 108 cm³/mol. The number of aromatic nitrogens is 1. The van der Waals surface area contributed by atoms with Crippen LogP contribution in [0.25, 0.3) is 0 Å². The van der Waals surface area contributed by atoms with E-state index in [1.807, 2.05) is 67.6 Å². The summed E-state index contributed by atoms with van der Waals surface area (Å²) < 4.78 is 0. The topological polar surface area (TPSA) is 62.7 Å². The number of nitrogens with zero attached hydrogens (tertiary/aromatic N) is 3. The van der Waals surface area contributed by atoms with E-state index in [1.165, 1.54) is 4.90 Å². The summed E-state index contributed by atoms with van der Waals surface area (Å²) in [4.78, 5) is 38.2. The Hall–Kier alpha value is -3.51. The summed E-state index contributed by atoms with van der Waals surface area (Å²) in [5, 5.41) is 1.68. The largest absolute Gasteiger partial charge is 0.273 e. The van der Waals surface area contributed by atoms with Crippen molar-refractivity contribution in [3.8, 4) is 0 Å². The monoisotopic (exact) mass is 385 g/mol. The van der Waals surface area contributed by atoms with Gasteiger partial charge in [-0.1, -0.05) is 36.4 Å². The molecule has 0 aliphatic carbocycles. The van der Waals surface area contributed by atoms with Crippen molar-refractivity contribution in [2.24, 2.45) is 5.92 Å². The van der Waals surface area contributed by atoms with Gasteiger partial charge in [0.05, 0.1) is 17.4 Å². The summed E-state index contributed by atoms with van der Waals surface area (Å²) in [6.45, 7) is 1.93. The Morgan fingerprint density at radius 3 is 2.41 bits per heavy atom. The van der Waals surface area contributed by atoms with Crippen molar-refractivity contribution in [3.05, 3.63) is 90.3 Å². The third kappa shape index (κ3) is 2.80. The van der Waals surface area contributed by atoms with Crippen LogP contribution in [0.1, 0.15) is 17.2 Å². The number of aryl methyl sites for hydroxylation is 1. The van der Waals surface area contributed by atoms with E-state index >= 15 is 0 Å². The van der Waals surface area contributed by atoms with Gasteiger partial charge in [-0.3, -0.25) is 19.4 Å². The van der Waals surface area contributed by atoms with Gasteiger partial charge in [-0.05, 0) is 48.4 Å². The molecule has 0 N–H and O–H groups in total. The Bertz CT molecular complexity index is 1070. The highest BCUT2D eigenvalue weighted by Crippen LogP contribution is 2.47. The molecular weight excluding hydrogens is 366 g/mol. The highest BCUT2D eigenvalue weighted by atomic mass is 16.7. The molecule has 144 valence electrons. The molecule has 2 amide bonds. The number of imide groups is 1. The molecule has 0 bridgehead atoms. The number of anilines is 2. The normalized spacial score (nSPS) is 23.6. The molecule has 2 saturated heterocycles. The molecule has 3 atom stereocenters. The fraction of sp³-hybridized carbons (Fsp3) is 0.174. The molecule has 1 aromatic heterocycles. The summed E-state index contributed by atoms with van der Waals surface area (Å²) in [7, 11) is 0. The number of amides is 2. The number of benzene rings is 2. The number of hydroxylamine groups is 1. The summed E-state index contributed by atoms with van der Waals surface area (Å²) in [5.74, 6) is -1.23. The number of hydrogen-bond acceptors (Lipinski definition) is 5. The Kier molecular flexibility index (Phi) is 4.14. The van der Waals surface area contributed by atoms with Gasteiger partial charge in [-0.2, -0.15) is 0 Å². The van der Waals surface area contributed by atoms with Crippen LogP contribution in [0.15, 0.2) is 79.1 Å². The quantitative estimate of drug-likeness (QED) is 0.647. The second-order valence-electron chi connectivity index (χ2n) is 7.30. The third-order valence-electron chi connectivity index (χ3n) is 5.41. The minimum atomic E-state index is -0.867. The smallest absolute Gasteiger partial charge is 0.266 e. The predicted octanol–water partition coefficient (Wildman–Crippen LogP) is 3.44. The molecule has 29 heavy (non-hydrogen) atoms. The SMILES string of the molecule is Cc1cccc(N2C(=O)[C@@H]3[C@@H](ON(c4ccccc4)[C@H]3c3cccnc3)C2=O)c1. The van der Waals surface area contributed by atoms with E-state index in [-0.39, 0.29) is 11.8 Å². The summed E-state index contributed by atoms with van der Waals surface area (Å²) in [6.07, 6.45) is 2.54. The average molecular weight is 385 g/mol. The number of para-hydroxylation sites is 1. The van der Waals surface area contributed by atoms with Crippen molar-refractivity contribution in [3.63, 3.8) is 0 Å². The van der Waals surface area contributed by atoms with E-state index in [2.05, 4.69) is 4.98 Å². The Balaban J connectivity index is 1.59. The van der Waals surface area contributed by atoms with Gasteiger partial charge in [0.15, 0.2) is 6.10 Å². The van der Waals surface area contributed by atoms with E-state index in [1.54, 1.807) is 23.5 Å². The fourth-order valence-corrected chi connectivity index (χ4v) is 4.12. The van der Waals surface area contributed by atoms with E-state index in [0.717, 1.165) is 16.8 Å². The highest BCUT2D eigenvalue weighted by Gasteiger charge is 2.60. The summed E-state index contributed by atoms with van der Waals surface area (Å²) in [6, 6.07) is 20.2. The lowest BCUT2D eigenvalue weighted by Gasteiger charge is -2.28. The van der Waals surface area contributed by atoms with Crippen LogP contribution >= 0.6 is 0 Å². The first kappa shape index (κ1) is 17.6. The Labute approximate surface area is 168 Å². The molecule has 2 aliphatic rings. The standard InChI is InChI=1S/C23H19N3O3/c1-15-7-5-11-18(13-15)25-22(27)19-20(16-8-6-12-24-14-16)26(29-21(19)23(25)28)17-9-3-2-4-10-17/h2-14,19-21H,1H3/t19-,20-,21+/m0/s1. The van der Waals surface area contributed by atoms with Crippen molar-refractivity contribution in [2.45, 2.75) is 19.1 Å². The van der Waals surface area contributed by atoms with Gasteiger partial charge in [0, 0.05) is 12.4 Å². The molecule has 0 spiro atoms. The molecular formula is C23H19N3O3. The number of carbonyl (C=O) groups is 2. The van der Waals surface area contributed by atoms with Crippen LogP contribution in [-0.2, 0) is 14.4 Å². The minimum absolute atomic E-state index is 0.252. The van der Waals surface area contributed by atoms with Gasteiger partial charge >= 0.3 is 0 Å². The van der Waals surface area contributed by atoms with Crippen molar-refractivity contribution in [1.29, 1.82) is 0 Å². The van der Waals surface area contributed by atoms with E-state index in [9.17, 15) is 9.59 Å². The number of rotatable bonds is 3. The molecule has 3 heterocycles. The lowest BCUT2D eigenvalue weighted by molar-refractivity contribution is -0.126. The maximum absolute atomic E-state index is 13.4. The zero-order valence-corrected chi connectivity index (χ0v) is 15.8. The van der Waals surface area contributed by atoms with Crippen LogP contribution in [-0.4, -0.2) is 22.9 Å². The Morgan fingerprint density at radius 1 is 0.897 bits per heavy atom. The minimum Gasteiger partial charge on any atom is -0.273 e. The van der Waals surface area contributed by atoms with Crippen molar-refractivity contribution in [1.82, 2.24) is 4.98 Å². The molecule has 5 rings (SSSR count). The van der Waals surface area contributed by atoms with Gasteiger partial charge in [-0.25, -0.2) is 9.96 Å². The second-order valence-corrected chi connectivity index (χ2v) is 7.30. The molecule has 6 nitrogen and oxygen atoms in total. The molecule has 2 aliphatic heterocycles. The lowest BCUT2D eigenvalue weighted by Crippen LogP contribution is -2.37. The molecule has 2 aromatic carbocycles. The van der Waals surface area contributed by atoms with Crippen molar-refractivity contribution in [2.75, 3.05) is 9.96 Å². The van der Waals surface area contributed by atoms with Crippen molar-refractivity contribution < 1.29 is 14.4 Å². The lowest BCUT2D eigenvalue weighted by atomic mass is 9.91. The van der Waals surface area contributed by atoms with Gasteiger partial charge in [0.1, 0.15) is 5.92 Å². The van der Waals surface area contributed by atoms with E-state index in [4.69, 9.17) is 4.84 Å². The van der Waals surface area contributed by atoms with Crippen LogP contribution in [0.5, 0.6) is 0 Å². The van der Waals surface area contributed by atoms with Gasteiger partial charge in [-0.15, -0.1) is 0 Å². The zero-order chi connectivity index (χ0) is 20.0. The number of pyridine rings is 1. The second kappa shape index (κ2) is 6.83. The fourth-order valence-electron chi connectivity index (χ4n) is 4.12. The molecule has 3 aromatic rings. The molecule has 0 saturated carbocycles. The molecule has 2 fully saturated rings. The first-order valence-electron chi connectivity index (χ1n) is 9.50. The number of fused-ring (bicyclic) bond motifs is 1. The summed E-state index contributed by atoms with van der Waals surface area (Å²) in [5.41, 5.74) is 3.18. The van der Waals surface area contributed by atoms with Crippen LogP contribution in [0.2, 0.25) is 0 Å². The first-order valence-corrected chi connectivity index (χ1v) is 9.50. The van der Waals surface area contributed by atoms with Gasteiger partial charge in [0.2, 0.25) is 5.91 Å². The first-order chi connectivity index (χ1) is 14.1. The third-order valence-corrected chi connectivity index (χ3v) is 5.41. The van der Waals surface area contributed by atoms with E-state index in [0.29, 0.717) is 5.69 Å². The molecule has 6 heteroatoms. The van der Waals surface area contributed by atoms with Crippen LogP contribution in [0, 0.1) is 12.8 Å². The highest BCUT2D eigenvalue weighted by molar-refractivity contribution is 6.23. The number of carbonyl (C=O) groups excluding carboxylic acids is 2. The average Bonchev–Trinajstić information content (AvgIpc) is 3.26. The van der Waals surface area contributed by atoms with E-state index < -0.39 is 18.1 Å². The summed E-state index contributed by atoms with van der Waals surface area (Å²) >= 11 is 0. The van der Waals surface area contributed by atoms with Gasteiger partial charge in [0.25, 0.3) is 5.91 Å². The number of hydrogen-bond donors (Lipinski definition) is 0. The zero-order valence-electron chi connectivity index (χ0n) is 15.8. The van der Waals surface area contributed by atoms with Crippen LogP contribution in [0.4, 0.5) is 11.4 Å². The molecule has 0 radical (unpaired) electrons. The maximum Gasteiger partial charge on any atom is 0.266 e. The molecule has 0 unspecified atom stereocenters. The van der Waals surface area contributed by atoms with Crippen molar-refractivity contribution >= 4 is 23.2 Å². The van der Waals surface area contributed by atoms with Crippen LogP contribution in [0.3, 0.4) is 0 Å². The Morgan fingerprint density at radius 2 is 1.69 bits per heavy atom. The van der Waals surface area contributed by atoms with Crippen LogP contribution < -0.4 is 9.96 Å².